The topological polar surface area (TPSA) is 68.9 Å². The molecule has 1 rings (SSSR count). The molecule has 0 bridgehead atoms. The molecular weight excluding hydrogens is 194 g/mol. The van der Waals surface area contributed by atoms with Crippen molar-refractivity contribution in [2.24, 2.45) is 10.8 Å². The molecule has 88 valence electrons. The van der Waals surface area contributed by atoms with Crippen molar-refractivity contribution in [3.63, 3.8) is 0 Å². The molecule has 5 heteroatoms. The maximum atomic E-state index is 5.53. The molecular formula is C10H21N3O2. The van der Waals surface area contributed by atoms with Gasteiger partial charge in [0.1, 0.15) is 5.84 Å². The number of aliphatic imine (C=N–C) groups is 1. The van der Waals surface area contributed by atoms with Crippen LogP contribution in [0.4, 0.5) is 0 Å². The molecule has 0 radical (unpaired) electrons. The number of nitrogens with two attached hydrogens (primary N) is 1. The lowest BCUT2D eigenvalue weighted by Gasteiger charge is -2.10. The summed E-state index contributed by atoms with van der Waals surface area (Å²) < 4.78 is 10.4. The second-order valence-corrected chi connectivity index (χ2v) is 3.64. The van der Waals surface area contributed by atoms with E-state index in [0.717, 1.165) is 31.7 Å². The van der Waals surface area contributed by atoms with Gasteiger partial charge in [0, 0.05) is 20.1 Å². The van der Waals surface area contributed by atoms with Crippen LogP contribution >= 0.6 is 0 Å². The molecule has 0 aromatic carbocycles. The van der Waals surface area contributed by atoms with Crippen molar-refractivity contribution in [1.82, 2.24) is 5.43 Å². The van der Waals surface area contributed by atoms with Crippen molar-refractivity contribution < 1.29 is 9.47 Å². The fourth-order valence-electron chi connectivity index (χ4n) is 1.64. The second kappa shape index (κ2) is 7.62. The number of hydrogen-bond acceptors (Lipinski definition) is 4. The summed E-state index contributed by atoms with van der Waals surface area (Å²) in [6.07, 6.45) is 4.58. The fourth-order valence-corrected chi connectivity index (χ4v) is 1.64. The normalized spacial score (nSPS) is 22.0. The van der Waals surface area contributed by atoms with Gasteiger partial charge in [-0.15, -0.1) is 0 Å². The Morgan fingerprint density at radius 3 is 3.13 bits per heavy atom. The van der Waals surface area contributed by atoms with Gasteiger partial charge in [0.15, 0.2) is 0 Å². The predicted molar refractivity (Wildman–Crippen MR) is 59.7 cm³/mol. The molecule has 1 atom stereocenters. The van der Waals surface area contributed by atoms with Crippen LogP contribution in [-0.2, 0) is 9.47 Å². The monoisotopic (exact) mass is 215 g/mol. The smallest absolute Gasteiger partial charge is 0.110 e. The summed E-state index contributed by atoms with van der Waals surface area (Å²) in [6, 6.07) is 0. The minimum absolute atomic E-state index is 0.394. The number of hydrazine groups is 1. The number of rotatable bonds is 6. The molecule has 0 aromatic heterocycles. The molecule has 1 aliphatic rings. The molecule has 3 N–H and O–H groups in total. The highest BCUT2D eigenvalue weighted by molar-refractivity contribution is 5.81. The van der Waals surface area contributed by atoms with E-state index >= 15 is 0 Å². The van der Waals surface area contributed by atoms with Crippen molar-refractivity contribution in [2.75, 3.05) is 26.9 Å². The van der Waals surface area contributed by atoms with Crippen molar-refractivity contribution >= 4 is 5.84 Å². The molecule has 1 unspecified atom stereocenters. The van der Waals surface area contributed by atoms with Gasteiger partial charge in [-0.25, -0.2) is 5.84 Å². The van der Waals surface area contributed by atoms with Crippen LogP contribution in [0, 0.1) is 0 Å². The van der Waals surface area contributed by atoms with E-state index in [2.05, 4.69) is 10.4 Å². The SMILES string of the molecule is COCCN=C(CCC1CCCO1)NN. The van der Waals surface area contributed by atoms with E-state index in [4.69, 9.17) is 15.3 Å². The highest BCUT2D eigenvalue weighted by atomic mass is 16.5. The molecule has 1 saturated heterocycles. The van der Waals surface area contributed by atoms with E-state index in [0.29, 0.717) is 19.3 Å². The summed E-state index contributed by atoms with van der Waals surface area (Å²) in [4.78, 5) is 4.29. The summed E-state index contributed by atoms with van der Waals surface area (Å²) in [6.45, 7) is 2.18. The van der Waals surface area contributed by atoms with Crippen LogP contribution in [0.25, 0.3) is 0 Å². The van der Waals surface area contributed by atoms with E-state index < -0.39 is 0 Å². The van der Waals surface area contributed by atoms with Gasteiger partial charge in [0.25, 0.3) is 0 Å². The Kier molecular flexibility index (Phi) is 6.31. The zero-order valence-electron chi connectivity index (χ0n) is 9.37. The lowest BCUT2D eigenvalue weighted by molar-refractivity contribution is 0.106. The maximum Gasteiger partial charge on any atom is 0.110 e. The molecule has 0 aliphatic carbocycles. The van der Waals surface area contributed by atoms with Crippen molar-refractivity contribution in [3.8, 4) is 0 Å². The van der Waals surface area contributed by atoms with Crippen LogP contribution < -0.4 is 11.3 Å². The van der Waals surface area contributed by atoms with Gasteiger partial charge in [0.05, 0.1) is 19.3 Å². The molecule has 1 fully saturated rings. The summed E-state index contributed by atoms with van der Waals surface area (Å²) in [5, 5.41) is 0. The third-order valence-electron chi connectivity index (χ3n) is 2.49. The van der Waals surface area contributed by atoms with Gasteiger partial charge < -0.3 is 14.9 Å². The highest BCUT2D eigenvalue weighted by Crippen LogP contribution is 2.16. The molecule has 15 heavy (non-hydrogen) atoms. The van der Waals surface area contributed by atoms with E-state index in [1.54, 1.807) is 7.11 Å². The Balaban J connectivity index is 2.17. The van der Waals surface area contributed by atoms with Gasteiger partial charge in [0.2, 0.25) is 0 Å². The van der Waals surface area contributed by atoms with E-state index in [-0.39, 0.29) is 0 Å². The third-order valence-corrected chi connectivity index (χ3v) is 2.49. The number of ether oxygens (including phenoxy) is 2. The first-order valence-corrected chi connectivity index (χ1v) is 5.47. The van der Waals surface area contributed by atoms with Crippen LogP contribution in [0.2, 0.25) is 0 Å². The molecule has 0 spiro atoms. The Morgan fingerprint density at radius 1 is 1.67 bits per heavy atom. The third kappa shape index (κ3) is 5.11. The molecule has 0 amide bonds. The Hall–Kier alpha value is -0.650. The lowest BCUT2D eigenvalue weighted by atomic mass is 10.1. The van der Waals surface area contributed by atoms with E-state index in [9.17, 15) is 0 Å². The van der Waals surface area contributed by atoms with Crippen LogP contribution in [0.3, 0.4) is 0 Å². The first kappa shape index (κ1) is 12.4. The fraction of sp³-hybridized carbons (Fsp3) is 0.900. The predicted octanol–water partition coefficient (Wildman–Crippen LogP) is 0.454. The standard InChI is InChI=1S/C10H21N3O2/c1-14-8-6-12-10(13-11)5-4-9-3-2-7-15-9/h9H,2-8,11H2,1H3,(H,12,13). The Bertz CT molecular complexity index is 191. The van der Waals surface area contributed by atoms with E-state index in [1.165, 1.54) is 6.42 Å². The maximum absolute atomic E-state index is 5.53. The van der Waals surface area contributed by atoms with Crippen molar-refractivity contribution in [3.05, 3.63) is 0 Å². The molecule has 1 aliphatic heterocycles. The number of nitrogens with zero attached hydrogens (tertiary/aromatic N) is 1. The lowest BCUT2D eigenvalue weighted by Crippen LogP contribution is -2.31. The van der Waals surface area contributed by atoms with Crippen molar-refractivity contribution in [2.45, 2.75) is 31.8 Å². The average Bonchev–Trinajstić information content (AvgIpc) is 2.76. The van der Waals surface area contributed by atoms with Gasteiger partial charge in [-0.1, -0.05) is 0 Å². The highest BCUT2D eigenvalue weighted by Gasteiger charge is 2.15. The number of hydrogen-bond donors (Lipinski definition) is 2. The summed E-state index contributed by atoms with van der Waals surface area (Å²) >= 11 is 0. The second-order valence-electron chi connectivity index (χ2n) is 3.64. The number of methoxy groups -OCH3 is 1. The molecule has 5 nitrogen and oxygen atoms in total. The minimum Gasteiger partial charge on any atom is -0.383 e. The van der Waals surface area contributed by atoms with Gasteiger partial charge in [-0.05, 0) is 19.3 Å². The summed E-state index contributed by atoms with van der Waals surface area (Å²) in [5.74, 6) is 6.21. The zero-order chi connectivity index (χ0) is 10.9. The van der Waals surface area contributed by atoms with Crippen LogP contribution in [0.1, 0.15) is 25.7 Å². The minimum atomic E-state index is 0.394. The van der Waals surface area contributed by atoms with Crippen LogP contribution in [0.15, 0.2) is 4.99 Å². The van der Waals surface area contributed by atoms with Crippen molar-refractivity contribution in [1.29, 1.82) is 0 Å². The number of amidine groups is 1. The summed E-state index contributed by atoms with van der Waals surface area (Å²) in [5.41, 5.74) is 2.62. The van der Waals surface area contributed by atoms with Crippen LogP contribution in [0.5, 0.6) is 0 Å². The van der Waals surface area contributed by atoms with Gasteiger partial charge in [-0.2, -0.15) is 0 Å². The Labute approximate surface area is 91.0 Å². The quantitative estimate of drug-likeness (QED) is 0.222. The van der Waals surface area contributed by atoms with Gasteiger partial charge in [-0.3, -0.25) is 4.99 Å². The molecule has 1 heterocycles. The van der Waals surface area contributed by atoms with E-state index in [1.807, 2.05) is 0 Å². The number of nitrogens with one attached hydrogen (secondary N) is 1. The van der Waals surface area contributed by atoms with Gasteiger partial charge >= 0.3 is 0 Å². The zero-order valence-corrected chi connectivity index (χ0v) is 9.37. The molecule has 0 saturated carbocycles. The summed E-state index contributed by atoms with van der Waals surface area (Å²) in [7, 11) is 1.66. The largest absolute Gasteiger partial charge is 0.383 e. The van der Waals surface area contributed by atoms with Crippen LogP contribution in [-0.4, -0.2) is 38.8 Å². The first-order chi connectivity index (χ1) is 7.36. The first-order valence-electron chi connectivity index (χ1n) is 5.47. The molecule has 0 aromatic rings. The Morgan fingerprint density at radius 2 is 2.53 bits per heavy atom. The average molecular weight is 215 g/mol.